The Hall–Kier alpha value is -2.86. The van der Waals surface area contributed by atoms with Gasteiger partial charge in [-0.25, -0.2) is 18.6 Å². The lowest BCUT2D eigenvalue weighted by atomic mass is 10.1. The van der Waals surface area contributed by atoms with Gasteiger partial charge in [-0.2, -0.15) is 0 Å². The standard InChI is InChI=1S/C23H24ClF2N3O5S/c1-29(20(32)8-5-13-3-2-4-17(26)21(13)24)15(10-16(31)11-30)12-34-23(33)28-22-27-18-7-6-14(25)9-19(18)35-22/h2-4,6-7,9,15-16,30-31H,5,8,10-12H2,1H3,(H,27,28,33)/t15-,16+/m0/s1. The highest BCUT2D eigenvalue weighted by molar-refractivity contribution is 7.22. The molecule has 0 aliphatic rings. The van der Waals surface area contributed by atoms with Gasteiger partial charge in [-0.3, -0.25) is 10.1 Å². The lowest BCUT2D eigenvalue weighted by Crippen LogP contribution is -2.43. The summed E-state index contributed by atoms with van der Waals surface area (Å²) in [5, 5.41) is 21.7. The molecule has 2 aromatic carbocycles. The highest BCUT2D eigenvalue weighted by Crippen LogP contribution is 2.26. The lowest BCUT2D eigenvalue weighted by molar-refractivity contribution is -0.133. The Balaban J connectivity index is 1.59. The maximum atomic E-state index is 13.6. The molecule has 3 rings (SSSR count). The summed E-state index contributed by atoms with van der Waals surface area (Å²) in [6.45, 7) is -0.808. The minimum absolute atomic E-state index is 0.000145. The van der Waals surface area contributed by atoms with E-state index in [0.717, 1.165) is 11.3 Å². The van der Waals surface area contributed by atoms with Crippen molar-refractivity contribution in [3.63, 3.8) is 0 Å². The molecule has 3 N–H and O–H groups in total. The number of benzene rings is 2. The number of anilines is 1. The molecule has 35 heavy (non-hydrogen) atoms. The van der Waals surface area contributed by atoms with E-state index in [4.69, 9.17) is 16.3 Å². The van der Waals surface area contributed by atoms with E-state index in [1.165, 1.54) is 42.3 Å². The Morgan fingerprint density at radius 3 is 2.80 bits per heavy atom. The number of carbonyl (C=O) groups excluding carboxylic acids is 2. The van der Waals surface area contributed by atoms with Crippen LogP contribution in [0.25, 0.3) is 10.2 Å². The lowest BCUT2D eigenvalue weighted by Gasteiger charge is -2.29. The van der Waals surface area contributed by atoms with E-state index in [1.807, 2.05) is 0 Å². The van der Waals surface area contributed by atoms with Gasteiger partial charge in [0.05, 0.1) is 34.0 Å². The molecule has 0 bridgehead atoms. The molecule has 0 spiro atoms. The normalized spacial score (nSPS) is 12.9. The van der Waals surface area contributed by atoms with Crippen molar-refractivity contribution in [1.29, 1.82) is 0 Å². The van der Waals surface area contributed by atoms with Gasteiger partial charge in [-0.15, -0.1) is 0 Å². The third-order valence-electron chi connectivity index (χ3n) is 5.30. The molecule has 0 saturated carbocycles. The number of fused-ring (bicyclic) bond motifs is 1. The van der Waals surface area contributed by atoms with Crippen molar-refractivity contribution in [3.05, 3.63) is 58.6 Å². The molecule has 1 aromatic heterocycles. The van der Waals surface area contributed by atoms with Gasteiger partial charge >= 0.3 is 6.09 Å². The van der Waals surface area contributed by atoms with Crippen molar-refractivity contribution in [2.75, 3.05) is 25.6 Å². The van der Waals surface area contributed by atoms with Crippen LogP contribution in [0, 0.1) is 11.6 Å². The number of aryl methyl sites for hydroxylation is 1. The van der Waals surface area contributed by atoms with Crippen LogP contribution in [0.1, 0.15) is 18.4 Å². The summed E-state index contributed by atoms with van der Waals surface area (Å²) in [5.41, 5.74) is 0.992. The van der Waals surface area contributed by atoms with Crippen LogP contribution < -0.4 is 5.32 Å². The Labute approximate surface area is 209 Å². The average Bonchev–Trinajstić information content (AvgIpc) is 3.22. The number of amides is 2. The van der Waals surface area contributed by atoms with Crippen LogP contribution in [0.15, 0.2) is 36.4 Å². The second-order valence-electron chi connectivity index (χ2n) is 7.80. The van der Waals surface area contributed by atoms with Crippen molar-refractivity contribution >= 4 is 50.3 Å². The first-order valence-electron chi connectivity index (χ1n) is 10.6. The monoisotopic (exact) mass is 527 g/mol. The molecule has 0 aliphatic carbocycles. The average molecular weight is 528 g/mol. The van der Waals surface area contributed by atoms with Crippen molar-refractivity contribution in [1.82, 2.24) is 9.88 Å². The van der Waals surface area contributed by atoms with Gasteiger partial charge in [0, 0.05) is 13.5 Å². The first-order valence-corrected chi connectivity index (χ1v) is 11.8. The van der Waals surface area contributed by atoms with E-state index in [-0.39, 0.29) is 41.9 Å². The number of ether oxygens (including phenoxy) is 1. The molecule has 0 aliphatic heterocycles. The minimum atomic E-state index is -1.14. The minimum Gasteiger partial charge on any atom is -0.447 e. The topological polar surface area (TPSA) is 112 Å². The maximum absolute atomic E-state index is 13.6. The molecule has 2 atom stereocenters. The third-order valence-corrected chi connectivity index (χ3v) is 6.66. The first-order chi connectivity index (χ1) is 16.7. The number of carbonyl (C=O) groups is 2. The van der Waals surface area contributed by atoms with Crippen molar-refractivity contribution < 1.29 is 33.3 Å². The zero-order valence-corrected chi connectivity index (χ0v) is 20.3. The number of nitrogens with zero attached hydrogens (tertiary/aromatic N) is 2. The molecular weight excluding hydrogens is 504 g/mol. The largest absolute Gasteiger partial charge is 0.447 e. The van der Waals surface area contributed by atoms with Gasteiger partial charge in [0.25, 0.3) is 0 Å². The fourth-order valence-electron chi connectivity index (χ4n) is 3.34. The van der Waals surface area contributed by atoms with Gasteiger partial charge in [-0.1, -0.05) is 35.1 Å². The number of aliphatic hydroxyl groups is 2. The van der Waals surface area contributed by atoms with Crippen LogP contribution in [-0.2, 0) is 16.0 Å². The summed E-state index contributed by atoms with van der Waals surface area (Å²) < 4.78 is 32.8. The van der Waals surface area contributed by atoms with Crippen LogP contribution in [0.3, 0.4) is 0 Å². The Morgan fingerprint density at radius 2 is 2.06 bits per heavy atom. The molecule has 0 radical (unpaired) electrons. The smallest absolute Gasteiger partial charge is 0.413 e. The number of thiazole rings is 1. The highest BCUT2D eigenvalue weighted by Gasteiger charge is 2.25. The zero-order chi connectivity index (χ0) is 25.5. The quantitative estimate of drug-likeness (QED) is 0.368. The molecule has 1 heterocycles. The summed E-state index contributed by atoms with van der Waals surface area (Å²) in [6.07, 6.45) is -1.85. The Morgan fingerprint density at radius 1 is 1.29 bits per heavy atom. The molecule has 8 nitrogen and oxygen atoms in total. The Bertz CT molecular complexity index is 1200. The van der Waals surface area contributed by atoms with Crippen molar-refractivity contribution in [3.8, 4) is 0 Å². The summed E-state index contributed by atoms with van der Waals surface area (Å²) in [4.78, 5) is 30.5. The van der Waals surface area contributed by atoms with Gasteiger partial charge in [0.2, 0.25) is 5.91 Å². The van der Waals surface area contributed by atoms with Crippen molar-refractivity contribution in [2.45, 2.75) is 31.4 Å². The SMILES string of the molecule is CN(C(=O)CCc1cccc(F)c1Cl)[C@H](COC(=O)Nc1nc2ccc(F)cc2s1)C[C@@H](O)CO. The number of likely N-dealkylation sites (N-methyl/N-ethyl adjacent to an activating group) is 1. The molecule has 0 saturated heterocycles. The van der Waals surface area contributed by atoms with Crippen LogP contribution in [0.4, 0.5) is 18.7 Å². The number of hydrogen-bond donors (Lipinski definition) is 3. The number of aromatic nitrogens is 1. The second kappa shape index (κ2) is 12.2. The summed E-state index contributed by atoms with van der Waals surface area (Å²) in [5.74, 6) is -1.35. The van der Waals surface area contributed by atoms with Crippen LogP contribution >= 0.6 is 22.9 Å². The number of rotatable bonds is 10. The fourth-order valence-corrected chi connectivity index (χ4v) is 4.43. The van der Waals surface area contributed by atoms with Gasteiger partial charge in [0.15, 0.2) is 5.13 Å². The molecular formula is C23H24ClF2N3O5S. The first kappa shape index (κ1) is 26.7. The molecule has 2 amide bonds. The number of hydrogen-bond acceptors (Lipinski definition) is 7. The molecule has 188 valence electrons. The summed E-state index contributed by atoms with van der Waals surface area (Å²) in [6, 6.07) is 7.64. The summed E-state index contributed by atoms with van der Waals surface area (Å²) >= 11 is 7.01. The second-order valence-corrected chi connectivity index (χ2v) is 9.21. The van der Waals surface area contributed by atoms with E-state index in [2.05, 4.69) is 10.3 Å². The van der Waals surface area contributed by atoms with Gasteiger partial charge in [0.1, 0.15) is 18.2 Å². The van der Waals surface area contributed by atoms with Crippen LogP contribution in [0.2, 0.25) is 5.02 Å². The van der Waals surface area contributed by atoms with Crippen molar-refractivity contribution in [2.24, 2.45) is 0 Å². The van der Waals surface area contributed by atoms with E-state index in [1.54, 1.807) is 6.07 Å². The number of halogens is 3. The Kier molecular flexibility index (Phi) is 9.33. The van der Waals surface area contributed by atoms with E-state index in [0.29, 0.717) is 15.8 Å². The maximum Gasteiger partial charge on any atom is 0.413 e. The fraction of sp³-hybridized carbons (Fsp3) is 0.348. The predicted octanol–water partition coefficient (Wildman–Crippen LogP) is 3.98. The molecule has 3 aromatic rings. The molecule has 0 unspecified atom stereocenters. The highest BCUT2D eigenvalue weighted by atomic mass is 35.5. The van der Waals surface area contributed by atoms with Gasteiger partial charge < -0.3 is 19.8 Å². The van der Waals surface area contributed by atoms with E-state index >= 15 is 0 Å². The number of nitrogens with one attached hydrogen (secondary N) is 1. The molecule has 12 heteroatoms. The van der Waals surface area contributed by atoms with Gasteiger partial charge in [-0.05, 0) is 42.7 Å². The summed E-state index contributed by atoms with van der Waals surface area (Å²) in [7, 11) is 1.48. The predicted molar refractivity (Wildman–Crippen MR) is 129 cm³/mol. The van der Waals surface area contributed by atoms with E-state index < -0.39 is 36.5 Å². The number of aliphatic hydroxyl groups excluding tert-OH is 2. The van der Waals surface area contributed by atoms with E-state index in [9.17, 15) is 28.6 Å². The van der Waals surface area contributed by atoms with Crippen LogP contribution in [0.5, 0.6) is 0 Å². The zero-order valence-electron chi connectivity index (χ0n) is 18.7. The molecule has 0 fully saturated rings. The van der Waals surface area contributed by atoms with Crippen LogP contribution in [-0.4, -0.2) is 64.5 Å². The third kappa shape index (κ3) is 7.31.